The third-order valence-electron chi connectivity index (χ3n) is 4.15. The normalized spacial score (nSPS) is 12.0. The van der Waals surface area contributed by atoms with Gasteiger partial charge < -0.3 is 31.1 Å². The summed E-state index contributed by atoms with van der Waals surface area (Å²) in [6.07, 6.45) is -1.24. The second-order valence-corrected chi connectivity index (χ2v) is 6.95. The van der Waals surface area contributed by atoms with Gasteiger partial charge in [0.25, 0.3) is 0 Å². The Bertz CT molecular complexity index is 1060. The van der Waals surface area contributed by atoms with Crippen LogP contribution >= 0.6 is 0 Å². The van der Waals surface area contributed by atoms with E-state index in [9.17, 15) is 19.5 Å². The maximum absolute atomic E-state index is 11.8. The van der Waals surface area contributed by atoms with Crippen molar-refractivity contribution >= 4 is 17.9 Å². The molecule has 3 aromatic rings. The molecule has 0 aliphatic carbocycles. The average Bonchev–Trinajstić information content (AvgIpc) is 3.25. The molecule has 1 aromatic heterocycles. The van der Waals surface area contributed by atoms with Gasteiger partial charge in [-0.3, -0.25) is 4.79 Å². The number of aliphatic hydroxyl groups excluding tert-OH is 1. The highest BCUT2D eigenvalue weighted by Crippen LogP contribution is 2.23. The Morgan fingerprint density at radius 1 is 1.03 bits per heavy atom. The summed E-state index contributed by atoms with van der Waals surface area (Å²) in [5.74, 6) is -1.14. The molecule has 2 atom stereocenters. The number of hydrogen-bond donors (Lipinski definition) is 5. The lowest BCUT2D eigenvalue weighted by molar-refractivity contribution is -0.141. The molecule has 0 aliphatic heterocycles. The zero-order valence-electron chi connectivity index (χ0n) is 18.1. The quantitative estimate of drug-likeness (QED) is 0.355. The molecule has 11 heteroatoms. The Balaban J connectivity index is 0.000000890. The fourth-order valence-corrected chi connectivity index (χ4v) is 2.62. The molecule has 3 rings (SSSR count). The van der Waals surface area contributed by atoms with Gasteiger partial charge in [0.05, 0.1) is 12.6 Å². The molecule has 0 saturated heterocycles. The Morgan fingerprint density at radius 2 is 1.58 bits per heavy atom. The van der Waals surface area contributed by atoms with Crippen LogP contribution in [-0.4, -0.2) is 50.4 Å². The fourth-order valence-electron chi connectivity index (χ4n) is 2.62. The summed E-state index contributed by atoms with van der Waals surface area (Å²) in [6.45, 7) is 2.49. The first-order valence-electron chi connectivity index (χ1n) is 9.87. The van der Waals surface area contributed by atoms with Gasteiger partial charge in [0.1, 0.15) is 0 Å². The van der Waals surface area contributed by atoms with Gasteiger partial charge in [0.2, 0.25) is 17.6 Å². The topological polar surface area (TPSA) is 181 Å². The number of nitrogens with two attached hydrogens (primary N) is 1. The molecule has 0 spiro atoms. The van der Waals surface area contributed by atoms with E-state index < -0.39 is 24.1 Å². The minimum Gasteiger partial charge on any atom is -0.480 e. The Labute approximate surface area is 189 Å². The highest BCUT2D eigenvalue weighted by molar-refractivity contribution is 5.82. The molecule has 33 heavy (non-hydrogen) atoms. The number of carbonyl (C=O) groups excluding carboxylic acids is 2. The van der Waals surface area contributed by atoms with Crippen LogP contribution in [0.1, 0.15) is 19.7 Å². The van der Waals surface area contributed by atoms with Gasteiger partial charge >= 0.3 is 12.0 Å². The molecule has 6 N–H and O–H groups in total. The summed E-state index contributed by atoms with van der Waals surface area (Å²) in [5.41, 5.74) is 7.38. The monoisotopic (exact) mass is 455 g/mol. The number of urea groups is 1. The lowest BCUT2D eigenvalue weighted by Gasteiger charge is -2.16. The lowest BCUT2D eigenvalue weighted by atomic mass is 10.0. The van der Waals surface area contributed by atoms with Gasteiger partial charge in [-0.15, -0.1) is 0 Å². The van der Waals surface area contributed by atoms with Crippen molar-refractivity contribution in [2.24, 2.45) is 5.73 Å². The number of amides is 3. The Morgan fingerprint density at radius 3 is 2.12 bits per heavy atom. The molecule has 0 saturated carbocycles. The summed E-state index contributed by atoms with van der Waals surface area (Å²) in [4.78, 5) is 36.2. The van der Waals surface area contributed by atoms with E-state index in [1.165, 1.54) is 13.8 Å². The van der Waals surface area contributed by atoms with Crippen LogP contribution in [0.15, 0.2) is 59.1 Å². The van der Waals surface area contributed by atoms with Crippen LogP contribution in [-0.2, 0) is 16.1 Å². The molecular formula is C22H25N5O6. The SMILES string of the molecule is CC(N)=O.CC(O)C(NC(=O)NCc1nc(-c2ccc(-c3ccccc3)cc2)no1)C(=O)O. The van der Waals surface area contributed by atoms with E-state index in [0.717, 1.165) is 16.7 Å². The Hall–Kier alpha value is -4.25. The molecule has 0 aliphatic rings. The fraction of sp³-hybridized carbons (Fsp3) is 0.227. The molecule has 0 bridgehead atoms. The number of carboxylic acids is 1. The highest BCUT2D eigenvalue weighted by atomic mass is 16.5. The number of primary amides is 1. The first-order valence-corrected chi connectivity index (χ1v) is 9.87. The summed E-state index contributed by atoms with van der Waals surface area (Å²) >= 11 is 0. The number of benzene rings is 2. The van der Waals surface area contributed by atoms with Crippen LogP contribution in [0.3, 0.4) is 0 Å². The van der Waals surface area contributed by atoms with E-state index in [1.54, 1.807) is 0 Å². The van der Waals surface area contributed by atoms with Crippen LogP contribution < -0.4 is 16.4 Å². The third-order valence-corrected chi connectivity index (χ3v) is 4.15. The van der Waals surface area contributed by atoms with Gasteiger partial charge in [-0.05, 0) is 18.1 Å². The Kier molecular flexibility index (Phi) is 9.06. The lowest BCUT2D eigenvalue weighted by Crippen LogP contribution is -2.51. The van der Waals surface area contributed by atoms with E-state index in [0.29, 0.717) is 5.82 Å². The van der Waals surface area contributed by atoms with Gasteiger partial charge in [-0.2, -0.15) is 4.98 Å². The number of carboxylic acid groups (broad SMARTS) is 1. The molecule has 2 unspecified atom stereocenters. The number of carbonyl (C=O) groups is 3. The molecule has 11 nitrogen and oxygen atoms in total. The second-order valence-electron chi connectivity index (χ2n) is 6.95. The highest BCUT2D eigenvalue weighted by Gasteiger charge is 2.25. The minimum atomic E-state index is -1.42. The van der Waals surface area contributed by atoms with E-state index in [1.807, 2.05) is 54.6 Å². The van der Waals surface area contributed by atoms with E-state index in [-0.39, 0.29) is 18.3 Å². The maximum Gasteiger partial charge on any atom is 0.328 e. The maximum atomic E-state index is 11.8. The van der Waals surface area contributed by atoms with Crippen molar-refractivity contribution in [3.05, 3.63) is 60.5 Å². The first kappa shape index (κ1) is 25.0. The number of nitrogens with zero attached hydrogens (tertiary/aromatic N) is 2. The van der Waals surface area contributed by atoms with Gasteiger partial charge in [0, 0.05) is 12.5 Å². The predicted molar refractivity (Wildman–Crippen MR) is 119 cm³/mol. The van der Waals surface area contributed by atoms with Crippen molar-refractivity contribution in [3.63, 3.8) is 0 Å². The number of aliphatic hydroxyl groups is 1. The number of aromatic nitrogens is 2. The molecule has 2 aromatic carbocycles. The van der Waals surface area contributed by atoms with Crippen molar-refractivity contribution in [1.29, 1.82) is 0 Å². The van der Waals surface area contributed by atoms with Crippen LogP contribution in [0.5, 0.6) is 0 Å². The molecule has 1 heterocycles. The minimum absolute atomic E-state index is 0.0902. The number of aliphatic carboxylic acids is 1. The van der Waals surface area contributed by atoms with Gasteiger partial charge in [-0.25, -0.2) is 9.59 Å². The summed E-state index contributed by atoms with van der Waals surface area (Å²) in [7, 11) is 0. The molecule has 174 valence electrons. The van der Waals surface area contributed by atoms with E-state index in [4.69, 9.17) is 9.63 Å². The zero-order chi connectivity index (χ0) is 24.4. The smallest absolute Gasteiger partial charge is 0.328 e. The molecule has 0 fully saturated rings. The molecule has 3 amide bonds. The summed E-state index contributed by atoms with van der Waals surface area (Å²) < 4.78 is 5.11. The number of hydrogen-bond acceptors (Lipinski definition) is 7. The van der Waals surface area contributed by atoms with Crippen LogP contribution in [0.4, 0.5) is 4.79 Å². The summed E-state index contributed by atoms with van der Waals surface area (Å²) in [5, 5.41) is 26.8. The van der Waals surface area contributed by atoms with E-state index >= 15 is 0 Å². The first-order chi connectivity index (χ1) is 15.7. The van der Waals surface area contributed by atoms with Gasteiger partial charge in [0.15, 0.2) is 6.04 Å². The van der Waals surface area contributed by atoms with E-state index in [2.05, 4.69) is 26.5 Å². The third kappa shape index (κ3) is 8.07. The molecular weight excluding hydrogens is 430 g/mol. The summed E-state index contributed by atoms with van der Waals surface area (Å²) in [6, 6.07) is 15.4. The standard InChI is InChI=1S/C20H20N4O5.C2H5NO/c1-12(25)17(19(26)27)23-20(28)21-11-16-22-18(24-29-16)15-9-7-14(8-10-15)13-5-3-2-4-6-13;1-2(3)4/h2-10,12,17,25H,11H2,1H3,(H,26,27)(H2,21,23,28);1H3,(H2,3,4). The predicted octanol–water partition coefficient (Wildman–Crippen LogP) is 1.53. The second kappa shape index (κ2) is 12.0. The average molecular weight is 455 g/mol. The van der Waals surface area contributed by atoms with Crippen molar-refractivity contribution in [1.82, 2.24) is 20.8 Å². The van der Waals surface area contributed by atoms with Crippen LogP contribution in [0, 0.1) is 0 Å². The van der Waals surface area contributed by atoms with Crippen LogP contribution in [0.2, 0.25) is 0 Å². The van der Waals surface area contributed by atoms with Gasteiger partial charge in [-0.1, -0.05) is 59.8 Å². The number of nitrogens with one attached hydrogen (secondary N) is 2. The van der Waals surface area contributed by atoms with Crippen molar-refractivity contribution in [2.75, 3.05) is 0 Å². The van der Waals surface area contributed by atoms with Crippen molar-refractivity contribution in [3.8, 4) is 22.5 Å². The largest absolute Gasteiger partial charge is 0.480 e. The zero-order valence-corrected chi connectivity index (χ0v) is 18.1. The van der Waals surface area contributed by atoms with Crippen molar-refractivity contribution in [2.45, 2.75) is 32.5 Å². The number of rotatable bonds is 7. The van der Waals surface area contributed by atoms with Crippen molar-refractivity contribution < 1.29 is 29.1 Å². The van der Waals surface area contributed by atoms with Crippen LogP contribution in [0.25, 0.3) is 22.5 Å². The molecule has 0 radical (unpaired) electrons.